The van der Waals surface area contributed by atoms with E-state index in [1.807, 2.05) is 0 Å². The summed E-state index contributed by atoms with van der Waals surface area (Å²) >= 11 is 0. The zero-order chi connectivity index (χ0) is 19.6. The summed E-state index contributed by atoms with van der Waals surface area (Å²) in [5.74, 6) is -1.80. The van der Waals surface area contributed by atoms with Gasteiger partial charge < -0.3 is 10.6 Å². The third-order valence-electron chi connectivity index (χ3n) is 4.81. The maximum Gasteiger partial charge on any atom is 0.416 e. The van der Waals surface area contributed by atoms with Crippen molar-refractivity contribution in [3.63, 3.8) is 0 Å². The van der Waals surface area contributed by atoms with E-state index in [0.717, 1.165) is 17.7 Å². The van der Waals surface area contributed by atoms with E-state index in [1.54, 1.807) is 13.0 Å². The highest BCUT2D eigenvalue weighted by molar-refractivity contribution is 5.96. The Kier molecular flexibility index (Phi) is 5.51. The molecule has 7 heteroatoms. The van der Waals surface area contributed by atoms with Crippen molar-refractivity contribution >= 4 is 11.6 Å². The van der Waals surface area contributed by atoms with E-state index in [4.69, 9.17) is 0 Å². The third-order valence-corrected chi connectivity index (χ3v) is 4.81. The normalized spacial score (nSPS) is 15.1. The highest BCUT2D eigenvalue weighted by Gasteiger charge is 2.31. The van der Waals surface area contributed by atoms with E-state index in [0.29, 0.717) is 31.5 Å². The van der Waals surface area contributed by atoms with E-state index in [9.17, 15) is 22.4 Å². The number of anilines is 1. The Balaban J connectivity index is 1.84. The lowest BCUT2D eigenvalue weighted by Gasteiger charge is -2.21. The van der Waals surface area contributed by atoms with Gasteiger partial charge in [0, 0.05) is 6.54 Å². The van der Waals surface area contributed by atoms with Crippen LogP contribution in [0.25, 0.3) is 0 Å². The largest absolute Gasteiger partial charge is 0.416 e. The van der Waals surface area contributed by atoms with Crippen LogP contribution in [0.15, 0.2) is 36.4 Å². The second-order valence-electron chi connectivity index (χ2n) is 6.56. The molecule has 1 amide bonds. The Morgan fingerprint density at radius 3 is 2.74 bits per heavy atom. The molecule has 0 bridgehead atoms. The van der Waals surface area contributed by atoms with E-state index >= 15 is 0 Å². The molecule has 1 atom stereocenters. The van der Waals surface area contributed by atoms with Crippen LogP contribution in [0.1, 0.15) is 41.5 Å². The highest BCUT2D eigenvalue weighted by atomic mass is 19.4. The SMILES string of the molecule is CCC(C(=O)Nc1ccc2c(c1F)CCNC2)c1cccc(C(F)(F)F)c1. The first kappa shape index (κ1) is 19.4. The first-order chi connectivity index (χ1) is 12.8. The molecular weight excluding hydrogens is 360 g/mol. The summed E-state index contributed by atoms with van der Waals surface area (Å²) in [6, 6.07) is 7.95. The number of halogens is 4. The molecule has 3 rings (SSSR count). The minimum Gasteiger partial charge on any atom is -0.323 e. The van der Waals surface area contributed by atoms with E-state index in [2.05, 4.69) is 10.6 Å². The maximum absolute atomic E-state index is 14.7. The molecule has 0 saturated carbocycles. The summed E-state index contributed by atoms with van der Waals surface area (Å²) in [5.41, 5.74) is 0.928. The van der Waals surface area contributed by atoms with Crippen LogP contribution in [0, 0.1) is 5.82 Å². The van der Waals surface area contributed by atoms with Crippen LogP contribution in [-0.2, 0) is 23.9 Å². The average Bonchev–Trinajstić information content (AvgIpc) is 2.64. The topological polar surface area (TPSA) is 41.1 Å². The zero-order valence-corrected chi connectivity index (χ0v) is 14.8. The van der Waals surface area contributed by atoms with Crippen molar-refractivity contribution in [2.45, 2.75) is 38.4 Å². The number of rotatable bonds is 4. The molecule has 2 aromatic carbocycles. The van der Waals surface area contributed by atoms with Gasteiger partial charge in [0.25, 0.3) is 0 Å². The van der Waals surface area contributed by atoms with Gasteiger partial charge in [-0.15, -0.1) is 0 Å². The summed E-state index contributed by atoms with van der Waals surface area (Å²) in [5, 5.41) is 5.70. The van der Waals surface area contributed by atoms with E-state index in [-0.39, 0.29) is 11.3 Å². The molecule has 0 spiro atoms. The van der Waals surface area contributed by atoms with Gasteiger partial charge in [-0.25, -0.2) is 4.39 Å². The van der Waals surface area contributed by atoms with Gasteiger partial charge in [-0.2, -0.15) is 13.2 Å². The Morgan fingerprint density at radius 2 is 2.04 bits per heavy atom. The molecule has 144 valence electrons. The number of hydrogen-bond donors (Lipinski definition) is 2. The Bertz CT molecular complexity index is 848. The van der Waals surface area contributed by atoms with Gasteiger partial charge >= 0.3 is 6.18 Å². The standard InChI is InChI=1S/C20H20F4N2O/c1-2-15(12-4-3-5-14(10-12)20(22,23)24)19(27)26-17-7-6-13-11-25-9-8-16(13)18(17)21/h3-7,10,15,25H,2,8-9,11H2,1H3,(H,26,27). The van der Waals surface area contributed by atoms with Gasteiger partial charge in [0.2, 0.25) is 5.91 Å². The number of benzene rings is 2. The van der Waals surface area contributed by atoms with Crippen LogP contribution >= 0.6 is 0 Å². The lowest BCUT2D eigenvalue weighted by Crippen LogP contribution is -2.26. The first-order valence-corrected chi connectivity index (χ1v) is 8.80. The number of hydrogen-bond acceptors (Lipinski definition) is 2. The minimum absolute atomic E-state index is 0.0612. The van der Waals surface area contributed by atoms with Crippen LogP contribution in [0.5, 0.6) is 0 Å². The molecule has 1 heterocycles. The van der Waals surface area contributed by atoms with Gasteiger partial charge in [-0.05, 0) is 48.2 Å². The number of carbonyl (C=O) groups excluding carboxylic acids is 1. The van der Waals surface area contributed by atoms with Crippen molar-refractivity contribution < 1.29 is 22.4 Å². The summed E-state index contributed by atoms with van der Waals surface area (Å²) in [6.45, 7) is 2.94. The zero-order valence-electron chi connectivity index (χ0n) is 14.8. The molecule has 27 heavy (non-hydrogen) atoms. The molecule has 0 aliphatic carbocycles. The van der Waals surface area contributed by atoms with Crippen LogP contribution in [0.4, 0.5) is 23.2 Å². The number of carbonyl (C=O) groups is 1. The quantitative estimate of drug-likeness (QED) is 0.760. The second kappa shape index (κ2) is 7.68. The predicted octanol–water partition coefficient (Wildman–Crippen LogP) is 4.62. The molecule has 2 aromatic rings. The maximum atomic E-state index is 14.7. The lowest BCUT2D eigenvalue weighted by molar-refractivity contribution is -0.137. The van der Waals surface area contributed by atoms with Crippen molar-refractivity contribution in [1.29, 1.82) is 0 Å². The molecule has 0 radical (unpaired) electrons. The fourth-order valence-electron chi connectivity index (χ4n) is 3.35. The van der Waals surface area contributed by atoms with E-state index in [1.165, 1.54) is 18.2 Å². The Labute approximate surface area is 154 Å². The Hall–Kier alpha value is -2.41. The van der Waals surface area contributed by atoms with Gasteiger partial charge in [-0.3, -0.25) is 4.79 Å². The number of nitrogens with one attached hydrogen (secondary N) is 2. The molecule has 0 aromatic heterocycles. The second-order valence-corrected chi connectivity index (χ2v) is 6.56. The predicted molar refractivity (Wildman–Crippen MR) is 94.9 cm³/mol. The van der Waals surface area contributed by atoms with Crippen molar-refractivity contribution in [3.8, 4) is 0 Å². The molecule has 0 saturated heterocycles. The summed E-state index contributed by atoms with van der Waals surface area (Å²) in [4.78, 5) is 12.7. The summed E-state index contributed by atoms with van der Waals surface area (Å²) in [6.07, 6.45) is -3.66. The molecular formula is C20H20F4N2O. The van der Waals surface area contributed by atoms with Crippen LogP contribution in [-0.4, -0.2) is 12.5 Å². The number of fused-ring (bicyclic) bond motifs is 1. The smallest absolute Gasteiger partial charge is 0.323 e. The fraction of sp³-hybridized carbons (Fsp3) is 0.350. The monoisotopic (exact) mass is 380 g/mol. The molecule has 1 aliphatic rings. The number of alkyl halides is 3. The minimum atomic E-state index is -4.48. The molecule has 0 fully saturated rings. The third kappa shape index (κ3) is 4.13. The highest BCUT2D eigenvalue weighted by Crippen LogP contribution is 2.32. The number of amides is 1. The average molecular weight is 380 g/mol. The first-order valence-electron chi connectivity index (χ1n) is 8.80. The van der Waals surface area contributed by atoms with Crippen molar-refractivity contribution in [2.24, 2.45) is 0 Å². The molecule has 1 aliphatic heterocycles. The van der Waals surface area contributed by atoms with Crippen molar-refractivity contribution in [1.82, 2.24) is 5.32 Å². The van der Waals surface area contributed by atoms with Crippen molar-refractivity contribution in [2.75, 3.05) is 11.9 Å². The molecule has 1 unspecified atom stereocenters. The van der Waals surface area contributed by atoms with Gasteiger partial charge in [0.1, 0.15) is 5.82 Å². The van der Waals surface area contributed by atoms with Crippen LogP contribution < -0.4 is 10.6 Å². The van der Waals surface area contributed by atoms with Crippen molar-refractivity contribution in [3.05, 3.63) is 64.5 Å². The van der Waals surface area contributed by atoms with Gasteiger partial charge in [0.15, 0.2) is 0 Å². The Morgan fingerprint density at radius 1 is 1.26 bits per heavy atom. The summed E-state index contributed by atoms with van der Waals surface area (Å²) in [7, 11) is 0. The lowest BCUT2D eigenvalue weighted by atomic mass is 9.93. The summed E-state index contributed by atoms with van der Waals surface area (Å²) < 4.78 is 53.5. The van der Waals surface area contributed by atoms with Crippen LogP contribution in [0.3, 0.4) is 0 Å². The van der Waals surface area contributed by atoms with Gasteiger partial charge in [0.05, 0.1) is 17.2 Å². The molecule has 3 nitrogen and oxygen atoms in total. The van der Waals surface area contributed by atoms with E-state index < -0.39 is 29.4 Å². The fourth-order valence-corrected chi connectivity index (χ4v) is 3.35. The van der Waals surface area contributed by atoms with Crippen LogP contribution in [0.2, 0.25) is 0 Å². The molecule has 2 N–H and O–H groups in total. The van der Waals surface area contributed by atoms with Gasteiger partial charge in [-0.1, -0.05) is 31.2 Å².